The summed E-state index contributed by atoms with van der Waals surface area (Å²) in [6.45, 7) is 6.33. The van der Waals surface area contributed by atoms with Gasteiger partial charge in [0, 0.05) is 14.2 Å². The summed E-state index contributed by atoms with van der Waals surface area (Å²) in [4.78, 5) is 17.6. The lowest BCUT2D eigenvalue weighted by molar-refractivity contribution is -0.130. The Morgan fingerprint density at radius 1 is 1.15 bits per heavy atom. The number of amides is 1. The summed E-state index contributed by atoms with van der Waals surface area (Å²) >= 11 is 0. The normalized spacial score (nSPS) is 12.6. The summed E-state index contributed by atoms with van der Waals surface area (Å²) in [6, 6.07) is 13.7. The zero-order chi connectivity index (χ0) is 19.1. The van der Waals surface area contributed by atoms with Crippen molar-refractivity contribution in [1.82, 2.24) is 5.32 Å². The second-order valence-corrected chi connectivity index (χ2v) is 6.18. The van der Waals surface area contributed by atoms with Gasteiger partial charge in [-0.05, 0) is 54.7 Å². The number of carbonyl (C=O) groups is 1. The molecule has 0 saturated carbocycles. The number of hydrogen-bond acceptors (Lipinski definition) is 4. The van der Waals surface area contributed by atoms with Gasteiger partial charge in [0.05, 0.1) is 5.71 Å². The highest BCUT2D eigenvalue weighted by Crippen LogP contribution is 2.22. The molecule has 5 nitrogen and oxygen atoms in total. The number of methoxy groups -OCH3 is 1. The molecule has 26 heavy (non-hydrogen) atoms. The molecule has 5 heteroatoms. The van der Waals surface area contributed by atoms with Gasteiger partial charge in [0.2, 0.25) is 0 Å². The summed E-state index contributed by atoms with van der Waals surface area (Å²) in [6.07, 6.45) is -0.676. The quantitative estimate of drug-likeness (QED) is 0.609. The number of ether oxygens (including phenoxy) is 1. The minimum Gasteiger partial charge on any atom is -0.391 e. The zero-order valence-corrected chi connectivity index (χ0v) is 16.0. The molecule has 0 aliphatic carbocycles. The van der Waals surface area contributed by atoms with Gasteiger partial charge >= 0.3 is 0 Å². The second kappa shape index (κ2) is 9.15. The Morgan fingerprint density at radius 3 is 2.54 bits per heavy atom. The molecule has 0 aliphatic rings. The summed E-state index contributed by atoms with van der Waals surface area (Å²) in [5.74, 6) is -0.199. The molecule has 138 valence electrons. The minimum absolute atomic E-state index is 0.199. The molecule has 2 rings (SSSR count). The van der Waals surface area contributed by atoms with Crippen LogP contribution in [0.1, 0.15) is 40.8 Å². The van der Waals surface area contributed by atoms with Crippen LogP contribution in [0.4, 0.5) is 0 Å². The fraction of sp³-hybridized carbons (Fsp3) is 0.333. The number of nitrogens with one attached hydrogen (secondary N) is 1. The molecule has 0 aromatic heterocycles. The first-order valence-corrected chi connectivity index (χ1v) is 8.54. The van der Waals surface area contributed by atoms with Crippen molar-refractivity contribution in [1.29, 1.82) is 0 Å². The zero-order valence-electron chi connectivity index (χ0n) is 16.0. The van der Waals surface area contributed by atoms with E-state index in [1.807, 2.05) is 37.3 Å². The number of aryl methyl sites for hydroxylation is 2. The molecule has 0 fully saturated rings. The maximum absolute atomic E-state index is 12.0. The van der Waals surface area contributed by atoms with Crippen LogP contribution >= 0.6 is 0 Å². The third-order valence-electron chi connectivity index (χ3n) is 4.40. The first-order chi connectivity index (χ1) is 12.5. The van der Waals surface area contributed by atoms with Gasteiger partial charge < -0.3 is 14.9 Å². The van der Waals surface area contributed by atoms with Crippen molar-refractivity contribution in [2.75, 3.05) is 14.2 Å². The fourth-order valence-electron chi connectivity index (χ4n) is 2.65. The Morgan fingerprint density at radius 2 is 1.88 bits per heavy atom. The van der Waals surface area contributed by atoms with Gasteiger partial charge in [0.25, 0.3) is 5.91 Å². The highest BCUT2D eigenvalue weighted by atomic mass is 16.6. The first-order valence-electron chi connectivity index (χ1n) is 8.54. The predicted octanol–water partition coefficient (Wildman–Crippen LogP) is 3.68. The lowest BCUT2D eigenvalue weighted by atomic mass is 10.0. The molecular weight excluding hydrogens is 328 g/mol. The molecule has 0 bridgehead atoms. The average molecular weight is 354 g/mol. The van der Waals surface area contributed by atoms with Crippen molar-refractivity contribution in [2.45, 2.75) is 33.5 Å². The number of oxime groups is 1. The van der Waals surface area contributed by atoms with Crippen molar-refractivity contribution in [3.63, 3.8) is 0 Å². The molecule has 1 amide bonds. The van der Waals surface area contributed by atoms with Crippen LogP contribution in [-0.4, -0.2) is 25.8 Å². The van der Waals surface area contributed by atoms with E-state index in [1.54, 1.807) is 7.05 Å². The van der Waals surface area contributed by atoms with Gasteiger partial charge in [-0.15, -0.1) is 0 Å². The average Bonchev–Trinajstić information content (AvgIpc) is 2.65. The third kappa shape index (κ3) is 4.70. The third-order valence-corrected chi connectivity index (χ3v) is 4.40. The van der Waals surface area contributed by atoms with Gasteiger partial charge in [0.15, 0.2) is 6.10 Å². The SMILES string of the molecule is CNC(=O)C(OC)c1ccccc1CON=C(C)c1ccc(C)c(C)c1. The van der Waals surface area contributed by atoms with Gasteiger partial charge in [-0.1, -0.05) is 41.6 Å². The lowest BCUT2D eigenvalue weighted by Gasteiger charge is -2.17. The van der Waals surface area contributed by atoms with E-state index in [2.05, 4.69) is 36.5 Å². The van der Waals surface area contributed by atoms with Crippen LogP contribution < -0.4 is 5.32 Å². The molecule has 0 aliphatic heterocycles. The van der Waals surface area contributed by atoms with Crippen LogP contribution in [0.2, 0.25) is 0 Å². The molecule has 0 heterocycles. The molecule has 0 radical (unpaired) electrons. The maximum Gasteiger partial charge on any atom is 0.253 e. The number of nitrogens with zero attached hydrogens (tertiary/aromatic N) is 1. The Labute approximate surface area is 155 Å². The van der Waals surface area contributed by atoms with Crippen molar-refractivity contribution in [3.8, 4) is 0 Å². The predicted molar refractivity (Wildman–Crippen MR) is 103 cm³/mol. The number of hydrogen-bond donors (Lipinski definition) is 1. The molecule has 2 aromatic carbocycles. The van der Waals surface area contributed by atoms with Crippen molar-refractivity contribution in [3.05, 3.63) is 70.3 Å². The van der Waals surface area contributed by atoms with Gasteiger partial charge in [-0.25, -0.2) is 0 Å². The topological polar surface area (TPSA) is 59.9 Å². The van der Waals surface area contributed by atoms with Gasteiger partial charge in [0.1, 0.15) is 6.61 Å². The Balaban J connectivity index is 2.14. The van der Waals surface area contributed by atoms with Crippen LogP contribution in [0.5, 0.6) is 0 Å². The molecule has 1 N–H and O–H groups in total. The Bertz CT molecular complexity index is 800. The van der Waals surface area contributed by atoms with E-state index in [4.69, 9.17) is 9.57 Å². The van der Waals surface area contributed by atoms with E-state index in [1.165, 1.54) is 18.2 Å². The number of likely N-dealkylation sites (N-methyl/N-ethyl adjacent to an activating group) is 1. The fourth-order valence-corrected chi connectivity index (χ4v) is 2.65. The number of benzene rings is 2. The second-order valence-electron chi connectivity index (χ2n) is 6.18. The van der Waals surface area contributed by atoms with Crippen LogP contribution in [-0.2, 0) is 21.0 Å². The smallest absolute Gasteiger partial charge is 0.253 e. The summed E-state index contributed by atoms with van der Waals surface area (Å²) in [7, 11) is 3.10. The Kier molecular flexibility index (Phi) is 6.92. The highest BCUT2D eigenvalue weighted by molar-refractivity contribution is 5.98. The van der Waals surface area contributed by atoms with Gasteiger partial charge in [-0.2, -0.15) is 0 Å². The van der Waals surface area contributed by atoms with E-state index in [9.17, 15) is 4.79 Å². The molecule has 0 saturated heterocycles. The van der Waals surface area contributed by atoms with Crippen LogP contribution in [0.3, 0.4) is 0 Å². The molecule has 2 aromatic rings. The van der Waals surface area contributed by atoms with Crippen molar-refractivity contribution in [2.24, 2.45) is 5.16 Å². The summed E-state index contributed by atoms with van der Waals surface area (Å²) in [5.41, 5.74) is 5.93. The Hall–Kier alpha value is -2.66. The first kappa shape index (κ1) is 19.7. The number of carbonyl (C=O) groups excluding carboxylic acids is 1. The standard InChI is InChI=1S/C21H26N2O3/c1-14-10-11-17(12-15(14)2)16(3)23-26-13-18-8-6-7-9-19(18)20(25-5)21(24)22-4/h6-12,20H,13H2,1-5H3,(H,22,24). The summed E-state index contributed by atoms with van der Waals surface area (Å²) < 4.78 is 5.35. The van der Waals surface area contributed by atoms with Crippen LogP contribution in [0.15, 0.2) is 47.6 Å². The van der Waals surface area contributed by atoms with Gasteiger partial charge in [-0.3, -0.25) is 4.79 Å². The molecule has 1 atom stereocenters. The van der Waals surface area contributed by atoms with Crippen molar-refractivity contribution >= 4 is 11.6 Å². The van der Waals surface area contributed by atoms with E-state index < -0.39 is 6.10 Å². The lowest BCUT2D eigenvalue weighted by Crippen LogP contribution is -2.27. The van der Waals surface area contributed by atoms with Crippen LogP contribution in [0, 0.1) is 13.8 Å². The van der Waals surface area contributed by atoms with Crippen molar-refractivity contribution < 1.29 is 14.4 Å². The van der Waals surface area contributed by atoms with E-state index >= 15 is 0 Å². The minimum atomic E-state index is -0.676. The highest BCUT2D eigenvalue weighted by Gasteiger charge is 2.21. The van der Waals surface area contributed by atoms with E-state index in [0.717, 1.165) is 22.4 Å². The molecule has 0 spiro atoms. The maximum atomic E-state index is 12.0. The number of rotatable bonds is 7. The van der Waals surface area contributed by atoms with E-state index in [0.29, 0.717) is 0 Å². The van der Waals surface area contributed by atoms with Crippen LogP contribution in [0.25, 0.3) is 0 Å². The summed E-state index contributed by atoms with van der Waals surface area (Å²) in [5, 5.41) is 6.84. The molecular formula is C21H26N2O3. The monoisotopic (exact) mass is 354 g/mol. The molecule has 1 unspecified atom stereocenters. The largest absolute Gasteiger partial charge is 0.391 e. The van der Waals surface area contributed by atoms with E-state index in [-0.39, 0.29) is 12.5 Å².